The maximum atomic E-state index is 12.3. The zero-order valence-corrected chi connectivity index (χ0v) is 21.4. The second-order valence-electron chi connectivity index (χ2n) is 8.65. The minimum absolute atomic E-state index is 0.0250. The third-order valence-electron chi connectivity index (χ3n) is 5.78. The molecule has 0 aliphatic rings. The summed E-state index contributed by atoms with van der Waals surface area (Å²) < 4.78 is 10.2. The largest absolute Gasteiger partial charge is 0.459 e. The van der Waals surface area contributed by atoms with E-state index in [-0.39, 0.29) is 41.9 Å². The van der Waals surface area contributed by atoms with E-state index in [9.17, 15) is 19.7 Å². The molecule has 13 nitrogen and oxygen atoms in total. The first-order chi connectivity index (χ1) is 20.0. The smallest absolute Gasteiger partial charge is 0.353 e. The second-order valence-corrected chi connectivity index (χ2v) is 8.65. The molecule has 0 saturated heterocycles. The molecule has 5 rings (SSSR count). The van der Waals surface area contributed by atoms with E-state index in [0.29, 0.717) is 11.4 Å². The summed E-state index contributed by atoms with van der Waals surface area (Å²) in [5, 5.41) is 23.4. The van der Waals surface area contributed by atoms with Crippen molar-refractivity contribution in [3.63, 3.8) is 0 Å². The minimum Gasteiger partial charge on any atom is -0.459 e. The van der Waals surface area contributed by atoms with E-state index in [1.807, 2.05) is 0 Å². The molecule has 3 aromatic heterocycles. The van der Waals surface area contributed by atoms with Crippen LogP contribution in [0.5, 0.6) is 0 Å². The molecule has 206 valence electrons. The third kappa shape index (κ3) is 6.72. The van der Waals surface area contributed by atoms with Crippen LogP contribution < -0.4 is 21.3 Å². The minimum atomic E-state index is -0.565. The van der Waals surface area contributed by atoms with Crippen LogP contribution in [0.1, 0.15) is 32.2 Å². The van der Waals surface area contributed by atoms with Crippen LogP contribution in [0, 0.1) is 10.1 Å². The van der Waals surface area contributed by atoms with Gasteiger partial charge in [0.1, 0.15) is 6.33 Å². The molecule has 0 fully saturated rings. The second kappa shape index (κ2) is 12.3. The van der Waals surface area contributed by atoms with Gasteiger partial charge in [0, 0.05) is 24.5 Å². The number of aromatic nitrogens is 2. The zero-order chi connectivity index (χ0) is 28.6. The highest BCUT2D eigenvalue weighted by atomic mass is 16.6. The van der Waals surface area contributed by atoms with Gasteiger partial charge >= 0.3 is 5.69 Å². The first kappa shape index (κ1) is 26.6. The first-order valence-corrected chi connectivity index (χ1v) is 12.3. The van der Waals surface area contributed by atoms with E-state index in [0.717, 1.165) is 11.1 Å². The number of nitrogens with one attached hydrogen (secondary N) is 4. The van der Waals surface area contributed by atoms with Crippen molar-refractivity contribution in [1.29, 1.82) is 0 Å². The van der Waals surface area contributed by atoms with Crippen LogP contribution in [0.25, 0.3) is 0 Å². The molecule has 0 unspecified atom stereocenters. The molecule has 41 heavy (non-hydrogen) atoms. The fraction of sp³-hybridized carbons (Fsp3) is 0.0714. The number of amides is 2. The highest BCUT2D eigenvalue weighted by Crippen LogP contribution is 2.30. The number of anilines is 4. The Morgan fingerprint density at radius 1 is 0.732 bits per heavy atom. The van der Waals surface area contributed by atoms with Crippen LogP contribution in [0.2, 0.25) is 0 Å². The maximum absolute atomic E-state index is 12.3. The molecule has 2 amide bonds. The van der Waals surface area contributed by atoms with Gasteiger partial charge in [-0.15, -0.1) is 0 Å². The summed E-state index contributed by atoms with van der Waals surface area (Å²) in [5.41, 5.74) is 2.24. The van der Waals surface area contributed by atoms with Gasteiger partial charge in [-0.05, 0) is 59.7 Å². The maximum Gasteiger partial charge on any atom is 0.353 e. The van der Waals surface area contributed by atoms with E-state index in [4.69, 9.17) is 8.83 Å². The van der Waals surface area contributed by atoms with Crippen molar-refractivity contribution in [2.45, 2.75) is 13.1 Å². The molecule has 13 heteroatoms. The molecule has 0 saturated carbocycles. The average Bonchev–Trinajstić information content (AvgIpc) is 3.71. The Labute approximate surface area is 232 Å². The molecule has 0 bridgehead atoms. The average molecular weight is 554 g/mol. The monoisotopic (exact) mass is 553 g/mol. The summed E-state index contributed by atoms with van der Waals surface area (Å²) in [4.78, 5) is 44.1. The predicted octanol–water partition coefficient (Wildman–Crippen LogP) is 5.30. The molecular formula is C28H23N7O6. The Bertz CT molecular complexity index is 1560. The molecule has 0 aliphatic heterocycles. The molecule has 4 N–H and O–H groups in total. The van der Waals surface area contributed by atoms with Crippen LogP contribution in [-0.2, 0) is 13.1 Å². The van der Waals surface area contributed by atoms with Gasteiger partial charge in [-0.3, -0.25) is 19.7 Å². The fourth-order valence-electron chi connectivity index (χ4n) is 3.90. The summed E-state index contributed by atoms with van der Waals surface area (Å²) >= 11 is 0. The third-order valence-corrected chi connectivity index (χ3v) is 5.78. The van der Waals surface area contributed by atoms with Gasteiger partial charge in [-0.1, -0.05) is 24.3 Å². The topological polar surface area (TPSA) is 177 Å². The van der Waals surface area contributed by atoms with Crippen molar-refractivity contribution < 1.29 is 23.3 Å². The Morgan fingerprint density at radius 3 is 1.63 bits per heavy atom. The molecule has 0 spiro atoms. The van der Waals surface area contributed by atoms with Gasteiger partial charge in [0.05, 0.1) is 17.4 Å². The first-order valence-electron chi connectivity index (χ1n) is 12.3. The van der Waals surface area contributed by atoms with Gasteiger partial charge in [0.2, 0.25) is 11.6 Å². The number of hydrogen-bond acceptors (Lipinski definition) is 10. The van der Waals surface area contributed by atoms with Crippen LogP contribution in [0.15, 0.2) is 100 Å². The van der Waals surface area contributed by atoms with Crippen molar-refractivity contribution in [2.75, 3.05) is 21.3 Å². The Hall–Kier alpha value is -5.98. The fourth-order valence-corrected chi connectivity index (χ4v) is 3.90. The number of rotatable bonds is 11. The summed E-state index contributed by atoms with van der Waals surface area (Å²) in [7, 11) is 0. The number of carbonyl (C=O) groups excluding carboxylic acids is 2. The van der Waals surface area contributed by atoms with Crippen LogP contribution in [0.3, 0.4) is 0 Å². The van der Waals surface area contributed by atoms with Crippen LogP contribution in [0.4, 0.5) is 28.7 Å². The molecule has 5 aromatic rings. The highest BCUT2D eigenvalue weighted by molar-refractivity contribution is 6.02. The molecular weight excluding hydrogens is 530 g/mol. The van der Waals surface area contributed by atoms with Crippen molar-refractivity contribution in [3.8, 4) is 0 Å². The van der Waals surface area contributed by atoms with Crippen LogP contribution in [-0.4, -0.2) is 26.7 Å². The van der Waals surface area contributed by atoms with E-state index in [1.54, 1.807) is 72.8 Å². The van der Waals surface area contributed by atoms with Crippen molar-refractivity contribution in [3.05, 3.63) is 124 Å². The number of benzene rings is 2. The Morgan fingerprint density at radius 2 is 1.22 bits per heavy atom. The number of nitrogens with zero attached hydrogens (tertiary/aromatic N) is 3. The molecule has 0 atom stereocenters. The lowest BCUT2D eigenvalue weighted by atomic mass is 10.2. The lowest BCUT2D eigenvalue weighted by molar-refractivity contribution is -0.383. The lowest BCUT2D eigenvalue weighted by Crippen LogP contribution is -2.12. The predicted molar refractivity (Wildman–Crippen MR) is 150 cm³/mol. The standard InChI is InChI=1S/C28H23N7O6/c36-27(22-9-3-11-40-22)33-20-7-1-5-18(13-20)15-29-25-24(35(38)39)26(32-17-31-25)30-16-19-6-2-8-21(14-19)34-28(37)23-10-4-12-41-23/h1-14,17H,15-16H2,(H,33,36)(H,34,37)(H2,29,30,31,32). The SMILES string of the molecule is O=C(Nc1cccc(CNc2ncnc(NCc3cccc(NC(=O)c4ccco4)c3)c2[N+](=O)[O-])c1)c1ccco1. The van der Waals surface area contributed by atoms with Gasteiger partial charge in [-0.25, -0.2) is 9.97 Å². The van der Waals surface area contributed by atoms with Gasteiger partial charge in [0.25, 0.3) is 11.8 Å². The van der Waals surface area contributed by atoms with E-state index in [1.165, 1.54) is 18.9 Å². The van der Waals surface area contributed by atoms with Crippen molar-refractivity contribution >= 4 is 40.5 Å². The molecule has 0 radical (unpaired) electrons. The number of furan rings is 2. The summed E-state index contributed by atoms with van der Waals surface area (Å²) in [6.07, 6.45) is 4.04. The normalized spacial score (nSPS) is 10.5. The number of carbonyl (C=O) groups is 2. The zero-order valence-electron chi connectivity index (χ0n) is 21.4. The Kier molecular flexibility index (Phi) is 7.96. The van der Waals surface area contributed by atoms with E-state index >= 15 is 0 Å². The van der Waals surface area contributed by atoms with Gasteiger partial charge in [-0.2, -0.15) is 0 Å². The lowest BCUT2D eigenvalue weighted by Gasteiger charge is -2.12. The van der Waals surface area contributed by atoms with E-state index < -0.39 is 16.7 Å². The van der Waals surface area contributed by atoms with Crippen molar-refractivity contribution in [2.24, 2.45) is 0 Å². The van der Waals surface area contributed by atoms with E-state index in [2.05, 4.69) is 31.2 Å². The number of hydrogen-bond donors (Lipinski definition) is 4. The van der Waals surface area contributed by atoms with Gasteiger partial charge in [0.15, 0.2) is 11.5 Å². The van der Waals surface area contributed by atoms with Crippen molar-refractivity contribution in [1.82, 2.24) is 9.97 Å². The summed E-state index contributed by atoms with van der Waals surface area (Å²) in [6, 6.07) is 20.4. The molecule has 0 aliphatic carbocycles. The Balaban J connectivity index is 1.24. The van der Waals surface area contributed by atoms with Crippen LogP contribution >= 0.6 is 0 Å². The number of nitro groups is 1. The summed E-state index contributed by atoms with van der Waals surface area (Å²) in [6.45, 7) is 0.387. The quantitative estimate of drug-likeness (QED) is 0.124. The summed E-state index contributed by atoms with van der Waals surface area (Å²) in [5.74, 6) is -0.388. The van der Waals surface area contributed by atoms with Gasteiger partial charge < -0.3 is 30.1 Å². The molecule has 3 heterocycles. The highest BCUT2D eigenvalue weighted by Gasteiger charge is 2.23. The molecule has 2 aromatic carbocycles.